The lowest BCUT2D eigenvalue weighted by molar-refractivity contribution is 0.0957. The molecule has 0 bridgehead atoms. The number of carbonyl (C=O) groups excluding carboxylic acids is 1. The third kappa shape index (κ3) is 3.71. The molecule has 1 aromatic carbocycles. The van der Waals surface area contributed by atoms with E-state index in [-0.39, 0.29) is 5.91 Å². The molecule has 3 N–H and O–H groups in total. The monoisotopic (exact) mass is 302 g/mol. The number of rotatable bonds is 5. The highest BCUT2D eigenvalue weighted by atomic mass is 32.1. The minimum absolute atomic E-state index is 0.274. The van der Waals surface area contributed by atoms with E-state index in [4.69, 9.17) is 10.6 Å². The van der Waals surface area contributed by atoms with Gasteiger partial charge in [-0.1, -0.05) is 30.4 Å². The molecule has 0 unspecified atom stereocenters. The molecule has 0 saturated carbocycles. The Morgan fingerprint density at radius 3 is 2.90 bits per heavy atom. The van der Waals surface area contributed by atoms with E-state index in [1.54, 1.807) is 0 Å². The van der Waals surface area contributed by atoms with Gasteiger partial charge in [0.1, 0.15) is 12.4 Å². The number of amides is 1. The maximum atomic E-state index is 11.5. The number of nitrogens with two attached hydrogens (primary N) is 1. The Labute approximate surface area is 128 Å². The van der Waals surface area contributed by atoms with E-state index >= 15 is 0 Å². The van der Waals surface area contributed by atoms with Crippen LogP contribution in [0.25, 0.3) is 6.08 Å². The number of hydrazine groups is 1. The summed E-state index contributed by atoms with van der Waals surface area (Å²) in [5.74, 6) is 5.70. The molecule has 110 valence electrons. The Morgan fingerprint density at radius 1 is 1.43 bits per heavy atom. The SMILES string of the molecule is C/C=C/c1ccccc1OCc1cc(C(=O)NN)sc1C. The second-order valence-electron chi connectivity index (χ2n) is 4.49. The molecule has 0 saturated heterocycles. The van der Waals surface area contributed by atoms with Gasteiger partial charge in [-0.15, -0.1) is 11.3 Å². The zero-order chi connectivity index (χ0) is 15.2. The van der Waals surface area contributed by atoms with Crippen molar-refractivity contribution in [1.29, 1.82) is 0 Å². The Balaban J connectivity index is 2.13. The fourth-order valence-electron chi connectivity index (χ4n) is 1.93. The second kappa shape index (κ2) is 7.06. The molecule has 1 aromatic heterocycles. The number of carbonyl (C=O) groups is 1. The summed E-state index contributed by atoms with van der Waals surface area (Å²) in [6.45, 7) is 4.36. The predicted molar refractivity (Wildman–Crippen MR) is 86.2 cm³/mol. The average Bonchev–Trinajstić information content (AvgIpc) is 2.87. The van der Waals surface area contributed by atoms with Crippen molar-refractivity contribution in [2.45, 2.75) is 20.5 Å². The smallest absolute Gasteiger partial charge is 0.275 e. The van der Waals surface area contributed by atoms with Gasteiger partial charge < -0.3 is 4.74 Å². The van der Waals surface area contributed by atoms with Gasteiger partial charge in [-0.25, -0.2) is 5.84 Å². The minimum Gasteiger partial charge on any atom is -0.488 e. The summed E-state index contributed by atoms with van der Waals surface area (Å²) in [6, 6.07) is 9.67. The van der Waals surface area contributed by atoms with Crippen LogP contribution in [0.5, 0.6) is 5.75 Å². The van der Waals surface area contributed by atoms with Crippen molar-refractivity contribution < 1.29 is 9.53 Å². The van der Waals surface area contributed by atoms with Crippen LogP contribution < -0.4 is 16.0 Å². The number of allylic oxidation sites excluding steroid dienone is 1. The summed E-state index contributed by atoms with van der Waals surface area (Å²) >= 11 is 1.41. The van der Waals surface area contributed by atoms with Crippen molar-refractivity contribution in [3.63, 3.8) is 0 Å². The van der Waals surface area contributed by atoms with Crippen molar-refractivity contribution in [1.82, 2.24) is 5.43 Å². The fraction of sp³-hybridized carbons (Fsp3) is 0.188. The van der Waals surface area contributed by atoms with Gasteiger partial charge >= 0.3 is 0 Å². The van der Waals surface area contributed by atoms with Crippen molar-refractivity contribution >= 4 is 23.3 Å². The molecule has 1 heterocycles. The van der Waals surface area contributed by atoms with Gasteiger partial charge in [-0.05, 0) is 26.0 Å². The summed E-state index contributed by atoms with van der Waals surface area (Å²) in [4.78, 5) is 13.2. The molecule has 0 radical (unpaired) electrons. The first kappa shape index (κ1) is 15.3. The number of hydrogen-bond acceptors (Lipinski definition) is 4. The van der Waals surface area contributed by atoms with Crippen molar-refractivity contribution in [2.75, 3.05) is 0 Å². The third-order valence-corrected chi connectivity index (χ3v) is 4.12. The quantitative estimate of drug-likeness (QED) is 0.506. The number of benzene rings is 1. The van der Waals surface area contributed by atoms with Gasteiger partial charge in [0.05, 0.1) is 4.88 Å². The van der Waals surface area contributed by atoms with Crippen molar-refractivity contribution in [3.8, 4) is 5.75 Å². The Morgan fingerprint density at radius 2 is 2.19 bits per heavy atom. The summed E-state index contributed by atoms with van der Waals surface area (Å²) in [7, 11) is 0. The van der Waals surface area contributed by atoms with E-state index in [2.05, 4.69) is 5.43 Å². The molecule has 2 aromatic rings. The molecule has 0 fully saturated rings. The van der Waals surface area contributed by atoms with Crippen LogP contribution in [0.3, 0.4) is 0 Å². The predicted octanol–water partition coefficient (Wildman–Crippen LogP) is 3.27. The Hall–Kier alpha value is -2.11. The molecule has 0 aliphatic rings. The van der Waals surface area contributed by atoms with E-state index in [9.17, 15) is 4.79 Å². The molecule has 0 aliphatic heterocycles. The second-order valence-corrected chi connectivity index (χ2v) is 5.75. The van der Waals surface area contributed by atoms with Crippen LogP contribution >= 0.6 is 11.3 Å². The zero-order valence-electron chi connectivity index (χ0n) is 12.1. The number of hydrogen-bond donors (Lipinski definition) is 2. The summed E-state index contributed by atoms with van der Waals surface area (Å²) in [5.41, 5.74) is 4.17. The number of para-hydroxylation sites is 1. The normalized spacial score (nSPS) is 10.8. The highest BCUT2D eigenvalue weighted by molar-refractivity contribution is 7.14. The Bertz CT molecular complexity index is 662. The highest BCUT2D eigenvalue weighted by Crippen LogP contribution is 2.25. The molecular weight excluding hydrogens is 284 g/mol. The molecular formula is C16H18N2O2S. The number of nitrogen functional groups attached to an aromatic ring is 1. The highest BCUT2D eigenvalue weighted by Gasteiger charge is 2.12. The summed E-state index contributed by atoms with van der Waals surface area (Å²) < 4.78 is 5.88. The fourth-order valence-corrected chi connectivity index (χ4v) is 2.86. The largest absolute Gasteiger partial charge is 0.488 e. The van der Waals surface area contributed by atoms with E-state index in [0.717, 1.165) is 21.8 Å². The van der Waals surface area contributed by atoms with Crippen LogP contribution in [0.4, 0.5) is 0 Å². The molecule has 1 amide bonds. The van der Waals surface area contributed by atoms with Gasteiger partial charge in [0.2, 0.25) is 0 Å². The van der Waals surface area contributed by atoms with E-state index in [1.807, 2.05) is 56.3 Å². The minimum atomic E-state index is -0.274. The first-order chi connectivity index (χ1) is 10.2. The summed E-state index contributed by atoms with van der Waals surface area (Å²) in [5, 5.41) is 0. The zero-order valence-corrected chi connectivity index (χ0v) is 12.9. The molecule has 4 nitrogen and oxygen atoms in total. The van der Waals surface area contributed by atoms with Crippen LogP contribution in [-0.4, -0.2) is 5.91 Å². The lowest BCUT2D eigenvalue weighted by Crippen LogP contribution is -2.29. The molecule has 0 atom stereocenters. The van der Waals surface area contributed by atoms with Gasteiger partial charge in [0, 0.05) is 16.0 Å². The van der Waals surface area contributed by atoms with Crippen LogP contribution in [0.2, 0.25) is 0 Å². The van der Waals surface area contributed by atoms with Gasteiger partial charge in [-0.3, -0.25) is 10.2 Å². The molecule has 0 aliphatic carbocycles. The van der Waals surface area contributed by atoms with Crippen LogP contribution in [0.15, 0.2) is 36.4 Å². The Kier molecular flexibility index (Phi) is 5.14. The molecule has 2 rings (SSSR count). The number of thiophene rings is 1. The first-order valence-corrected chi connectivity index (χ1v) is 7.42. The van der Waals surface area contributed by atoms with Crippen LogP contribution in [-0.2, 0) is 6.61 Å². The van der Waals surface area contributed by atoms with E-state index in [0.29, 0.717) is 11.5 Å². The number of nitrogens with one attached hydrogen (secondary N) is 1. The topological polar surface area (TPSA) is 64.3 Å². The van der Waals surface area contributed by atoms with Gasteiger partial charge in [0.25, 0.3) is 5.91 Å². The molecule has 0 spiro atoms. The van der Waals surface area contributed by atoms with Crippen LogP contribution in [0.1, 0.15) is 32.6 Å². The van der Waals surface area contributed by atoms with Gasteiger partial charge in [0.15, 0.2) is 0 Å². The first-order valence-electron chi connectivity index (χ1n) is 6.60. The van der Waals surface area contributed by atoms with E-state index in [1.165, 1.54) is 11.3 Å². The number of aryl methyl sites for hydroxylation is 1. The van der Waals surface area contributed by atoms with Crippen molar-refractivity contribution in [2.24, 2.45) is 5.84 Å². The maximum absolute atomic E-state index is 11.5. The maximum Gasteiger partial charge on any atom is 0.275 e. The lowest BCUT2D eigenvalue weighted by Gasteiger charge is -2.08. The summed E-state index contributed by atoms with van der Waals surface area (Å²) in [6.07, 6.45) is 3.98. The van der Waals surface area contributed by atoms with E-state index < -0.39 is 0 Å². The number of ether oxygens (including phenoxy) is 1. The third-order valence-electron chi connectivity index (χ3n) is 3.02. The van der Waals surface area contributed by atoms with Crippen LogP contribution in [0, 0.1) is 6.92 Å². The average molecular weight is 302 g/mol. The standard InChI is InChI=1S/C16H18N2O2S/c1-3-6-12-7-4-5-8-14(12)20-10-13-9-15(16(19)18-17)21-11(13)2/h3-9H,10,17H2,1-2H3,(H,18,19)/b6-3+. The molecule has 5 heteroatoms. The van der Waals surface area contributed by atoms with Gasteiger partial charge in [-0.2, -0.15) is 0 Å². The van der Waals surface area contributed by atoms with Crippen molar-refractivity contribution in [3.05, 3.63) is 57.3 Å². The lowest BCUT2D eigenvalue weighted by atomic mass is 10.2. The molecule has 21 heavy (non-hydrogen) atoms.